The van der Waals surface area contributed by atoms with E-state index in [0.717, 1.165) is 16.6 Å². The van der Waals surface area contributed by atoms with E-state index in [4.69, 9.17) is 5.73 Å². The van der Waals surface area contributed by atoms with Gasteiger partial charge in [0.25, 0.3) is 0 Å². The first-order valence-electron chi connectivity index (χ1n) is 5.92. The summed E-state index contributed by atoms with van der Waals surface area (Å²) >= 11 is 5.37. The standard InChI is InChI=1S/C15H16BrNS/c16-15-9-5-4-6-12(15)10-13(17)11-18-14-7-2-1-3-8-14/h1-9,13H,10-11,17H2. The second-order valence-corrected chi connectivity index (χ2v) is 6.13. The molecule has 0 aliphatic carbocycles. The third-order valence-electron chi connectivity index (χ3n) is 2.65. The van der Waals surface area contributed by atoms with E-state index in [9.17, 15) is 0 Å². The van der Waals surface area contributed by atoms with Gasteiger partial charge in [-0.3, -0.25) is 0 Å². The lowest BCUT2D eigenvalue weighted by Crippen LogP contribution is -2.25. The lowest BCUT2D eigenvalue weighted by atomic mass is 10.1. The lowest BCUT2D eigenvalue weighted by molar-refractivity contribution is 0.746. The lowest BCUT2D eigenvalue weighted by Gasteiger charge is -2.12. The van der Waals surface area contributed by atoms with Crippen molar-refractivity contribution in [1.29, 1.82) is 0 Å². The van der Waals surface area contributed by atoms with Crippen molar-refractivity contribution in [1.82, 2.24) is 0 Å². The zero-order valence-corrected chi connectivity index (χ0v) is 12.5. The number of hydrogen-bond donors (Lipinski definition) is 1. The van der Waals surface area contributed by atoms with Crippen molar-refractivity contribution in [3.8, 4) is 0 Å². The minimum Gasteiger partial charge on any atom is -0.327 e. The Balaban J connectivity index is 1.86. The predicted molar refractivity (Wildman–Crippen MR) is 83.0 cm³/mol. The summed E-state index contributed by atoms with van der Waals surface area (Å²) in [6, 6.07) is 18.8. The van der Waals surface area contributed by atoms with Gasteiger partial charge in [-0.15, -0.1) is 11.8 Å². The van der Waals surface area contributed by atoms with E-state index < -0.39 is 0 Å². The monoisotopic (exact) mass is 321 g/mol. The fraction of sp³-hybridized carbons (Fsp3) is 0.200. The van der Waals surface area contributed by atoms with Crippen LogP contribution >= 0.6 is 27.7 Å². The molecule has 0 bridgehead atoms. The van der Waals surface area contributed by atoms with Crippen LogP contribution in [-0.2, 0) is 6.42 Å². The second-order valence-electron chi connectivity index (χ2n) is 4.18. The van der Waals surface area contributed by atoms with Crippen molar-refractivity contribution in [2.75, 3.05) is 5.75 Å². The molecule has 2 aromatic carbocycles. The Morgan fingerprint density at radius 2 is 1.67 bits per heavy atom. The summed E-state index contributed by atoms with van der Waals surface area (Å²) in [5.74, 6) is 0.936. The predicted octanol–water partition coefficient (Wildman–Crippen LogP) is 4.11. The Morgan fingerprint density at radius 3 is 2.39 bits per heavy atom. The highest BCUT2D eigenvalue weighted by molar-refractivity contribution is 9.10. The normalized spacial score (nSPS) is 12.3. The van der Waals surface area contributed by atoms with Crippen LogP contribution in [0.25, 0.3) is 0 Å². The zero-order valence-electron chi connectivity index (χ0n) is 10.1. The van der Waals surface area contributed by atoms with Gasteiger partial charge in [0.1, 0.15) is 0 Å². The molecule has 0 spiro atoms. The van der Waals surface area contributed by atoms with Gasteiger partial charge < -0.3 is 5.73 Å². The number of rotatable bonds is 5. The van der Waals surface area contributed by atoms with Crippen molar-refractivity contribution in [2.24, 2.45) is 5.73 Å². The van der Waals surface area contributed by atoms with Crippen LogP contribution in [-0.4, -0.2) is 11.8 Å². The van der Waals surface area contributed by atoms with Gasteiger partial charge in [0.05, 0.1) is 0 Å². The van der Waals surface area contributed by atoms with Crippen LogP contribution in [0.1, 0.15) is 5.56 Å². The largest absolute Gasteiger partial charge is 0.327 e. The van der Waals surface area contributed by atoms with Gasteiger partial charge in [0, 0.05) is 21.2 Å². The minimum atomic E-state index is 0.175. The Kier molecular flexibility index (Phi) is 5.29. The Hall–Kier alpha value is -0.770. The maximum absolute atomic E-state index is 6.18. The maximum Gasteiger partial charge on any atom is 0.0207 e. The molecule has 0 amide bonds. The zero-order chi connectivity index (χ0) is 12.8. The third-order valence-corrected chi connectivity index (χ3v) is 4.62. The summed E-state index contributed by atoms with van der Waals surface area (Å²) in [7, 11) is 0. The number of thioether (sulfide) groups is 1. The van der Waals surface area contributed by atoms with Crippen LogP contribution in [0.15, 0.2) is 64.0 Å². The van der Waals surface area contributed by atoms with Crippen LogP contribution in [0, 0.1) is 0 Å². The quantitative estimate of drug-likeness (QED) is 0.838. The molecule has 0 radical (unpaired) electrons. The van der Waals surface area contributed by atoms with Crippen molar-refractivity contribution in [3.63, 3.8) is 0 Å². The highest BCUT2D eigenvalue weighted by atomic mass is 79.9. The van der Waals surface area contributed by atoms with Crippen LogP contribution in [0.2, 0.25) is 0 Å². The number of benzene rings is 2. The molecule has 1 atom stereocenters. The average molecular weight is 322 g/mol. The van der Waals surface area contributed by atoms with E-state index in [0.29, 0.717) is 0 Å². The molecule has 18 heavy (non-hydrogen) atoms. The molecule has 2 N–H and O–H groups in total. The summed E-state index contributed by atoms with van der Waals surface area (Å²) in [5.41, 5.74) is 7.46. The maximum atomic E-state index is 6.18. The first kappa shape index (κ1) is 13.7. The molecular formula is C15H16BrNS. The molecule has 0 aliphatic rings. The summed E-state index contributed by atoms with van der Waals surface area (Å²) in [6.07, 6.45) is 0.904. The molecule has 1 unspecified atom stereocenters. The molecule has 0 aliphatic heterocycles. The summed E-state index contributed by atoms with van der Waals surface area (Å²) in [6.45, 7) is 0. The minimum absolute atomic E-state index is 0.175. The van der Waals surface area contributed by atoms with Crippen LogP contribution in [0.5, 0.6) is 0 Å². The van der Waals surface area contributed by atoms with Gasteiger partial charge in [0.2, 0.25) is 0 Å². The van der Waals surface area contributed by atoms with E-state index in [1.54, 1.807) is 0 Å². The van der Waals surface area contributed by atoms with E-state index in [1.165, 1.54) is 10.5 Å². The van der Waals surface area contributed by atoms with Gasteiger partial charge in [-0.1, -0.05) is 52.3 Å². The molecule has 94 valence electrons. The third kappa shape index (κ3) is 4.16. The second kappa shape index (κ2) is 6.98. The van der Waals surface area contributed by atoms with Crippen LogP contribution in [0.4, 0.5) is 0 Å². The highest BCUT2D eigenvalue weighted by Crippen LogP contribution is 2.21. The molecule has 0 heterocycles. The smallest absolute Gasteiger partial charge is 0.0207 e. The Morgan fingerprint density at radius 1 is 1.00 bits per heavy atom. The van der Waals surface area contributed by atoms with Crippen LogP contribution < -0.4 is 5.73 Å². The Bertz CT molecular complexity index is 487. The number of halogens is 1. The summed E-state index contributed by atoms with van der Waals surface area (Å²) in [5, 5.41) is 0. The van der Waals surface area contributed by atoms with Gasteiger partial charge in [-0.05, 0) is 30.2 Å². The Labute approximate surface area is 121 Å². The number of nitrogens with two attached hydrogens (primary N) is 1. The van der Waals surface area contributed by atoms with Gasteiger partial charge >= 0.3 is 0 Å². The molecule has 1 nitrogen and oxygen atoms in total. The van der Waals surface area contributed by atoms with Gasteiger partial charge in [-0.2, -0.15) is 0 Å². The molecule has 2 rings (SSSR count). The van der Waals surface area contributed by atoms with Crippen molar-refractivity contribution in [3.05, 3.63) is 64.6 Å². The van der Waals surface area contributed by atoms with E-state index in [1.807, 2.05) is 23.9 Å². The van der Waals surface area contributed by atoms with Gasteiger partial charge in [0.15, 0.2) is 0 Å². The fourth-order valence-electron chi connectivity index (χ4n) is 1.73. The first-order chi connectivity index (χ1) is 8.75. The summed E-state index contributed by atoms with van der Waals surface area (Å²) < 4.78 is 1.14. The van der Waals surface area contributed by atoms with Crippen LogP contribution in [0.3, 0.4) is 0 Å². The highest BCUT2D eigenvalue weighted by Gasteiger charge is 2.07. The first-order valence-corrected chi connectivity index (χ1v) is 7.70. The molecule has 3 heteroatoms. The summed E-state index contributed by atoms with van der Waals surface area (Å²) in [4.78, 5) is 1.28. The molecule has 0 fully saturated rings. The van der Waals surface area contributed by atoms with Crippen molar-refractivity contribution < 1.29 is 0 Å². The topological polar surface area (TPSA) is 26.0 Å². The molecule has 2 aromatic rings. The average Bonchev–Trinajstić information content (AvgIpc) is 2.40. The van der Waals surface area contributed by atoms with E-state index in [2.05, 4.69) is 58.4 Å². The van der Waals surface area contributed by atoms with E-state index in [-0.39, 0.29) is 6.04 Å². The molecule has 0 saturated heterocycles. The van der Waals surface area contributed by atoms with E-state index >= 15 is 0 Å². The van der Waals surface area contributed by atoms with Crippen molar-refractivity contribution >= 4 is 27.7 Å². The molecular weight excluding hydrogens is 306 g/mol. The molecule has 0 aromatic heterocycles. The molecule has 0 saturated carbocycles. The van der Waals surface area contributed by atoms with Crippen molar-refractivity contribution in [2.45, 2.75) is 17.4 Å². The number of hydrogen-bond acceptors (Lipinski definition) is 2. The fourth-order valence-corrected chi connectivity index (χ4v) is 3.05. The van der Waals surface area contributed by atoms with Gasteiger partial charge in [-0.25, -0.2) is 0 Å². The SMILES string of the molecule is NC(CSc1ccccc1)Cc1ccccc1Br.